The lowest BCUT2D eigenvalue weighted by molar-refractivity contribution is 0.212. The fourth-order valence-corrected chi connectivity index (χ4v) is 3.23. The lowest BCUT2D eigenvalue weighted by atomic mass is 9.98. The van der Waals surface area contributed by atoms with Gasteiger partial charge in [0.05, 0.1) is 16.8 Å². The van der Waals surface area contributed by atoms with Gasteiger partial charge in [0, 0.05) is 24.5 Å². The van der Waals surface area contributed by atoms with E-state index in [0.29, 0.717) is 16.3 Å². The molecule has 1 unspecified atom stereocenters. The largest absolute Gasteiger partial charge is 0.322 e. The number of rotatable bonds is 4. The lowest BCUT2D eigenvalue weighted by Gasteiger charge is -2.29. The number of nitrogens with zero attached hydrogens (tertiary/aromatic N) is 2. The van der Waals surface area contributed by atoms with Crippen LogP contribution in [0.15, 0.2) is 60.9 Å². The number of urea groups is 1. The first-order valence-corrected chi connectivity index (χ1v) is 9.27. The van der Waals surface area contributed by atoms with Gasteiger partial charge in [-0.15, -0.1) is 0 Å². The predicted octanol–water partition coefficient (Wildman–Crippen LogP) is 6.09. The number of hydrogen-bond acceptors (Lipinski definition) is 2. The van der Waals surface area contributed by atoms with Crippen LogP contribution < -0.4 is 5.32 Å². The van der Waals surface area contributed by atoms with Crippen molar-refractivity contribution >= 4 is 34.9 Å². The monoisotopic (exact) mass is 417 g/mol. The second kappa shape index (κ2) is 8.59. The molecule has 3 rings (SSSR count). The van der Waals surface area contributed by atoms with Gasteiger partial charge in [0.25, 0.3) is 0 Å². The van der Waals surface area contributed by atoms with E-state index in [1.165, 1.54) is 12.1 Å². The van der Waals surface area contributed by atoms with Crippen LogP contribution in [0.5, 0.6) is 0 Å². The first-order valence-electron chi connectivity index (χ1n) is 8.51. The minimum Gasteiger partial charge on any atom is -0.316 e. The van der Waals surface area contributed by atoms with E-state index in [1.54, 1.807) is 43.4 Å². The van der Waals surface area contributed by atoms with E-state index in [1.807, 2.05) is 24.3 Å². The fraction of sp³-hybridized carbons (Fsp3) is 0.143. The van der Waals surface area contributed by atoms with Crippen molar-refractivity contribution in [3.63, 3.8) is 0 Å². The number of carbonyl (C=O) groups is 1. The molecule has 3 aromatic rings. The highest BCUT2D eigenvalue weighted by Gasteiger charge is 2.24. The number of benzene rings is 2. The number of carbonyl (C=O) groups excluding carboxylic acids is 1. The van der Waals surface area contributed by atoms with Gasteiger partial charge in [-0.1, -0.05) is 35.3 Å². The normalized spacial score (nSPS) is 11.8. The fourth-order valence-electron chi connectivity index (χ4n) is 2.90. The smallest absolute Gasteiger partial charge is 0.316 e. The molecular formula is C21H18Cl2FN3O. The Hall–Kier alpha value is -2.63. The van der Waals surface area contributed by atoms with Gasteiger partial charge < -0.3 is 10.2 Å². The number of hydrogen-bond donors (Lipinski definition) is 1. The molecule has 0 radical (unpaired) electrons. The molecule has 2 amide bonds. The van der Waals surface area contributed by atoms with Crippen molar-refractivity contribution < 1.29 is 9.18 Å². The van der Waals surface area contributed by atoms with E-state index in [0.717, 1.165) is 11.1 Å². The molecule has 0 saturated carbocycles. The van der Waals surface area contributed by atoms with Crippen LogP contribution in [0.25, 0.3) is 0 Å². The molecule has 1 N–H and O–H groups in total. The van der Waals surface area contributed by atoms with Gasteiger partial charge in [-0.2, -0.15) is 0 Å². The van der Waals surface area contributed by atoms with E-state index >= 15 is 0 Å². The molecule has 0 aliphatic heterocycles. The zero-order valence-electron chi connectivity index (χ0n) is 15.3. The molecule has 144 valence electrons. The molecule has 1 heterocycles. The van der Waals surface area contributed by atoms with E-state index in [4.69, 9.17) is 23.2 Å². The predicted molar refractivity (Wildman–Crippen MR) is 110 cm³/mol. The summed E-state index contributed by atoms with van der Waals surface area (Å²) in [6, 6.07) is 12.9. The summed E-state index contributed by atoms with van der Waals surface area (Å²) in [5.74, 6) is -0.424. The topological polar surface area (TPSA) is 45.2 Å². The average molecular weight is 418 g/mol. The van der Waals surface area contributed by atoms with E-state index in [-0.39, 0.29) is 17.1 Å². The zero-order valence-corrected chi connectivity index (χ0v) is 16.8. The Kier molecular flexibility index (Phi) is 6.17. The summed E-state index contributed by atoms with van der Waals surface area (Å²) in [6.07, 6.45) is 3.34. The molecule has 1 atom stereocenters. The Labute approximate surface area is 172 Å². The van der Waals surface area contributed by atoms with Crippen molar-refractivity contribution in [1.29, 1.82) is 0 Å². The van der Waals surface area contributed by atoms with Crippen molar-refractivity contribution in [1.82, 2.24) is 9.88 Å². The first kappa shape index (κ1) is 20.1. The van der Waals surface area contributed by atoms with Crippen molar-refractivity contribution in [2.75, 3.05) is 12.4 Å². The first-order chi connectivity index (χ1) is 13.4. The summed E-state index contributed by atoms with van der Waals surface area (Å²) < 4.78 is 13.6. The van der Waals surface area contributed by atoms with Gasteiger partial charge in [0.2, 0.25) is 0 Å². The standard InChI is InChI=1S/C21H18Cl2FN3O/c1-13-11-19(17(23)12-18(13)24)26-21(28)27(2)20(15-7-9-25-10-8-15)14-3-5-16(22)6-4-14/h3-12,20H,1-2H3,(H,26,28). The van der Waals surface area contributed by atoms with Crippen LogP contribution in [-0.4, -0.2) is 23.0 Å². The maximum atomic E-state index is 13.6. The number of halogens is 3. The van der Waals surface area contributed by atoms with Gasteiger partial charge in [-0.05, 0) is 60.0 Å². The zero-order chi connectivity index (χ0) is 20.3. The maximum absolute atomic E-state index is 13.6. The molecule has 4 nitrogen and oxygen atoms in total. The second-order valence-electron chi connectivity index (χ2n) is 6.36. The number of pyridine rings is 1. The number of aromatic nitrogens is 1. The maximum Gasteiger partial charge on any atom is 0.322 e. The lowest BCUT2D eigenvalue weighted by Crippen LogP contribution is -2.35. The van der Waals surface area contributed by atoms with Crippen molar-refractivity contribution in [3.05, 3.63) is 93.5 Å². The summed E-state index contributed by atoms with van der Waals surface area (Å²) in [7, 11) is 1.68. The molecule has 0 aliphatic carbocycles. The molecule has 0 spiro atoms. The third-order valence-corrected chi connectivity index (χ3v) is 4.97. The van der Waals surface area contributed by atoms with Crippen LogP contribution in [0.1, 0.15) is 22.7 Å². The highest BCUT2D eigenvalue weighted by molar-refractivity contribution is 6.33. The molecule has 0 fully saturated rings. The summed E-state index contributed by atoms with van der Waals surface area (Å²) in [5, 5.41) is 3.50. The van der Waals surface area contributed by atoms with Gasteiger partial charge >= 0.3 is 6.03 Å². The Bertz CT molecular complexity index is 981. The third kappa shape index (κ3) is 4.43. The van der Waals surface area contributed by atoms with Crippen LogP contribution in [0.3, 0.4) is 0 Å². The van der Waals surface area contributed by atoms with Gasteiger partial charge in [0.1, 0.15) is 5.82 Å². The highest BCUT2D eigenvalue weighted by Crippen LogP contribution is 2.30. The summed E-state index contributed by atoms with van der Waals surface area (Å²) >= 11 is 12.1. The quantitative estimate of drug-likeness (QED) is 0.557. The van der Waals surface area contributed by atoms with E-state index in [9.17, 15) is 9.18 Å². The molecule has 0 saturated heterocycles. The van der Waals surface area contributed by atoms with Gasteiger partial charge in [0.15, 0.2) is 0 Å². The Morgan fingerprint density at radius 2 is 1.68 bits per heavy atom. The molecular weight excluding hydrogens is 400 g/mol. The van der Waals surface area contributed by atoms with E-state index < -0.39 is 5.82 Å². The highest BCUT2D eigenvalue weighted by atomic mass is 35.5. The van der Waals surface area contributed by atoms with Crippen LogP contribution in [0.4, 0.5) is 14.9 Å². The van der Waals surface area contributed by atoms with Crippen LogP contribution in [-0.2, 0) is 0 Å². The van der Waals surface area contributed by atoms with E-state index in [2.05, 4.69) is 10.3 Å². The molecule has 1 aromatic heterocycles. The van der Waals surface area contributed by atoms with Crippen molar-refractivity contribution in [2.45, 2.75) is 13.0 Å². The minimum atomic E-state index is -0.424. The van der Waals surface area contributed by atoms with Crippen molar-refractivity contribution in [2.24, 2.45) is 0 Å². The SMILES string of the molecule is Cc1cc(NC(=O)N(C)C(c2ccncc2)c2ccc(Cl)cc2)c(Cl)cc1F. The summed E-state index contributed by atoms with van der Waals surface area (Å²) in [6.45, 7) is 1.61. The summed E-state index contributed by atoms with van der Waals surface area (Å²) in [5.41, 5.74) is 2.51. The van der Waals surface area contributed by atoms with Crippen LogP contribution in [0, 0.1) is 12.7 Å². The Balaban J connectivity index is 1.93. The second-order valence-corrected chi connectivity index (χ2v) is 7.20. The molecule has 0 bridgehead atoms. The molecule has 0 aliphatic rings. The Morgan fingerprint density at radius 3 is 2.32 bits per heavy atom. The third-order valence-electron chi connectivity index (χ3n) is 4.41. The molecule has 28 heavy (non-hydrogen) atoms. The average Bonchev–Trinajstić information content (AvgIpc) is 2.68. The van der Waals surface area contributed by atoms with Crippen LogP contribution >= 0.6 is 23.2 Å². The molecule has 2 aromatic carbocycles. The number of anilines is 1. The molecule has 7 heteroatoms. The van der Waals surface area contributed by atoms with Gasteiger partial charge in [-0.25, -0.2) is 9.18 Å². The number of amides is 2. The number of nitrogens with one attached hydrogen (secondary N) is 1. The van der Waals surface area contributed by atoms with Crippen LogP contribution in [0.2, 0.25) is 10.0 Å². The van der Waals surface area contributed by atoms with Crippen molar-refractivity contribution in [3.8, 4) is 0 Å². The minimum absolute atomic E-state index is 0.136. The number of aryl methyl sites for hydroxylation is 1. The Morgan fingerprint density at radius 1 is 1.07 bits per heavy atom. The van der Waals surface area contributed by atoms with Gasteiger partial charge in [-0.3, -0.25) is 4.98 Å². The summed E-state index contributed by atoms with van der Waals surface area (Å²) in [4.78, 5) is 18.5.